The minimum Gasteiger partial charge on any atom is -0.482 e. The molecule has 0 saturated carbocycles. The van der Waals surface area contributed by atoms with Gasteiger partial charge in [-0.25, -0.2) is 4.79 Å². The normalized spacial score (nSPS) is 11.6. The van der Waals surface area contributed by atoms with E-state index in [1.54, 1.807) is 24.3 Å². The summed E-state index contributed by atoms with van der Waals surface area (Å²) in [6.45, 7) is 3.60. The summed E-state index contributed by atoms with van der Waals surface area (Å²) in [5, 5.41) is 5.18. The van der Waals surface area contributed by atoms with E-state index in [1.165, 1.54) is 7.11 Å². The van der Waals surface area contributed by atoms with Crippen LogP contribution in [0.4, 0.5) is 0 Å². The Kier molecular flexibility index (Phi) is 8.42. The second kappa shape index (κ2) is 10.3. The van der Waals surface area contributed by atoms with Crippen molar-refractivity contribution in [3.05, 3.63) is 29.8 Å². The molecule has 1 atom stereocenters. The highest BCUT2D eigenvalue weighted by Gasteiger charge is 2.17. The van der Waals surface area contributed by atoms with Crippen molar-refractivity contribution in [2.75, 3.05) is 20.3 Å². The van der Waals surface area contributed by atoms with Gasteiger partial charge in [-0.15, -0.1) is 0 Å². The van der Waals surface area contributed by atoms with Gasteiger partial charge in [-0.3, -0.25) is 9.59 Å². The Labute approximate surface area is 147 Å². The Hall–Kier alpha value is -2.61. The van der Waals surface area contributed by atoms with Gasteiger partial charge in [0.25, 0.3) is 0 Å². The molecule has 25 heavy (non-hydrogen) atoms. The molecular weight excluding hydrogens is 326 g/mol. The van der Waals surface area contributed by atoms with Gasteiger partial charge in [0.2, 0.25) is 11.8 Å². The van der Waals surface area contributed by atoms with Gasteiger partial charge in [0.15, 0.2) is 6.61 Å². The Morgan fingerprint density at radius 2 is 1.92 bits per heavy atom. The first-order valence-corrected chi connectivity index (χ1v) is 7.92. The number of benzene rings is 1. The maximum Gasteiger partial charge on any atom is 0.343 e. The molecule has 0 unspecified atom stereocenters. The number of carbonyl (C=O) groups is 3. The van der Waals surface area contributed by atoms with Crippen LogP contribution in [0.25, 0.3) is 0 Å². The lowest BCUT2D eigenvalue weighted by atomic mass is 10.1. The molecular formula is C17H25N3O5. The minimum atomic E-state index is -0.642. The molecule has 0 aliphatic carbocycles. The summed E-state index contributed by atoms with van der Waals surface area (Å²) in [5.74, 6) is -0.674. The number of rotatable bonds is 9. The molecule has 4 N–H and O–H groups in total. The van der Waals surface area contributed by atoms with Crippen molar-refractivity contribution in [3.63, 3.8) is 0 Å². The number of nitrogens with two attached hydrogens (primary N) is 1. The van der Waals surface area contributed by atoms with E-state index in [9.17, 15) is 14.4 Å². The van der Waals surface area contributed by atoms with Crippen LogP contribution in [0.15, 0.2) is 24.3 Å². The van der Waals surface area contributed by atoms with Crippen molar-refractivity contribution in [1.82, 2.24) is 10.6 Å². The Bertz CT molecular complexity index is 604. The zero-order valence-corrected chi connectivity index (χ0v) is 14.7. The van der Waals surface area contributed by atoms with E-state index in [0.717, 1.165) is 5.56 Å². The molecule has 0 radical (unpaired) electrons. The summed E-state index contributed by atoms with van der Waals surface area (Å²) in [7, 11) is 1.28. The molecule has 0 bridgehead atoms. The number of nitrogens with one attached hydrogen (secondary N) is 2. The van der Waals surface area contributed by atoms with Gasteiger partial charge in [0.1, 0.15) is 5.75 Å². The van der Waals surface area contributed by atoms with Crippen molar-refractivity contribution in [1.29, 1.82) is 0 Å². The molecule has 0 aromatic heterocycles. The molecule has 8 heteroatoms. The second-order valence-electron chi connectivity index (χ2n) is 5.78. The minimum absolute atomic E-state index is 0.00390. The number of esters is 1. The van der Waals surface area contributed by atoms with Gasteiger partial charge in [-0.2, -0.15) is 0 Å². The summed E-state index contributed by atoms with van der Waals surface area (Å²) >= 11 is 0. The van der Waals surface area contributed by atoms with E-state index in [2.05, 4.69) is 15.4 Å². The maximum atomic E-state index is 11.8. The average molecular weight is 351 g/mol. The van der Waals surface area contributed by atoms with Crippen LogP contribution in [0.1, 0.15) is 19.4 Å². The Morgan fingerprint density at radius 3 is 2.56 bits per heavy atom. The summed E-state index contributed by atoms with van der Waals surface area (Å²) < 4.78 is 9.77. The second-order valence-corrected chi connectivity index (χ2v) is 5.78. The number of amides is 2. The van der Waals surface area contributed by atoms with Crippen molar-refractivity contribution >= 4 is 17.8 Å². The van der Waals surface area contributed by atoms with Crippen molar-refractivity contribution < 1.29 is 23.9 Å². The van der Waals surface area contributed by atoms with Gasteiger partial charge in [-0.05, 0) is 23.6 Å². The predicted molar refractivity (Wildman–Crippen MR) is 91.6 cm³/mol. The fraction of sp³-hybridized carbons (Fsp3) is 0.471. The van der Waals surface area contributed by atoms with Gasteiger partial charge >= 0.3 is 5.97 Å². The molecule has 0 fully saturated rings. The average Bonchev–Trinajstić information content (AvgIpc) is 2.61. The fourth-order valence-corrected chi connectivity index (χ4v) is 1.80. The molecule has 1 aromatic carbocycles. The van der Waals surface area contributed by atoms with E-state index in [-0.39, 0.29) is 37.4 Å². The number of hydrogen-bond acceptors (Lipinski definition) is 6. The van der Waals surface area contributed by atoms with Crippen molar-refractivity contribution in [3.8, 4) is 5.75 Å². The Balaban J connectivity index is 2.40. The topological polar surface area (TPSA) is 120 Å². The van der Waals surface area contributed by atoms with Crippen LogP contribution in [0.2, 0.25) is 0 Å². The van der Waals surface area contributed by atoms with Crippen LogP contribution in [0.3, 0.4) is 0 Å². The van der Waals surface area contributed by atoms with Crippen LogP contribution in [0, 0.1) is 5.92 Å². The zero-order valence-electron chi connectivity index (χ0n) is 14.7. The van der Waals surface area contributed by atoms with Gasteiger partial charge in [0, 0.05) is 6.54 Å². The van der Waals surface area contributed by atoms with Gasteiger partial charge < -0.3 is 25.8 Å². The molecule has 0 aliphatic heterocycles. The molecule has 0 saturated heterocycles. The smallest absolute Gasteiger partial charge is 0.343 e. The summed E-state index contributed by atoms with van der Waals surface area (Å²) in [4.78, 5) is 34.5. The summed E-state index contributed by atoms with van der Waals surface area (Å²) in [5.41, 5.74) is 6.49. The highest BCUT2D eigenvalue weighted by molar-refractivity contribution is 5.87. The maximum absolute atomic E-state index is 11.8. The molecule has 8 nitrogen and oxygen atoms in total. The zero-order chi connectivity index (χ0) is 18.8. The highest BCUT2D eigenvalue weighted by Crippen LogP contribution is 2.13. The predicted octanol–water partition coefficient (Wildman–Crippen LogP) is -0.0459. The quantitative estimate of drug-likeness (QED) is 0.537. The monoisotopic (exact) mass is 351 g/mol. The lowest BCUT2D eigenvalue weighted by molar-refractivity contribution is -0.142. The first-order valence-electron chi connectivity index (χ1n) is 7.92. The van der Waals surface area contributed by atoms with Gasteiger partial charge in [0.05, 0.1) is 19.7 Å². The van der Waals surface area contributed by atoms with Crippen LogP contribution in [-0.4, -0.2) is 44.1 Å². The van der Waals surface area contributed by atoms with E-state index in [0.29, 0.717) is 5.75 Å². The third-order valence-corrected chi connectivity index (χ3v) is 3.42. The van der Waals surface area contributed by atoms with E-state index >= 15 is 0 Å². The number of hydrogen-bond donors (Lipinski definition) is 3. The van der Waals surface area contributed by atoms with Crippen LogP contribution in [-0.2, 0) is 25.7 Å². The number of ether oxygens (including phenoxy) is 2. The van der Waals surface area contributed by atoms with Gasteiger partial charge in [-0.1, -0.05) is 26.0 Å². The first-order chi connectivity index (χ1) is 11.8. The van der Waals surface area contributed by atoms with E-state index in [1.807, 2.05) is 13.8 Å². The number of carbonyl (C=O) groups excluding carboxylic acids is 3. The highest BCUT2D eigenvalue weighted by atomic mass is 16.6. The third kappa shape index (κ3) is 7.67. The van der Waals surface area contributed by atoms with Crippen LogP contribution in [0.5, 0.6) is 5.75 Å². The summed E-state index contributed by atoms with van der Waals surface area (Å²) in [6.07, 6.45) is 0. The van der Waals surface area contributed by atoms with E-state index < -0.39 is 12.0 Å². The lowest BCUT2D eigenvalue weighted by Gasteiger charge is -2.15. The molecule has 1 aromatic rings. The van der Waals surface area contributed by atoms with E-state index in [4.69, 9.17) is 10.5 Å². The molecule has 0 heterocycles. The lowest BCUT2D eigenvalue weighted by Crippen LogP contribution is -2.47. The van der Waals surface area contributed by atoms with Crippen molar-refractivity contribution in [2.24, 2.45) is 11.7 Å². The molecule has 1 rings (SSSR count). The fourth-order valence-electron chi connectivity index (χ4n) is 1.80. The third-order valence-electron chi connectivity index (χ3n) is 3.42. The summed E-state index contributed by atoms with van der Waals surface area (Å²) in [6, 6.07) is 6.31. The van der Waals surface area contributed by atoms with Crippen molar-refractivity contribution in [2.45, 2.75) is 26.4 Å². The molecule has 0 aliphatic rings. The first kappa shape index (κ1) is 20.4. The molecule has 138 valence electrons. The van der Waals surface area contributed by atoms with Crippen LogP contribution >= 0.6 is 0 Å². The number of methoxy groups -OCH3 is 1. The standard InChI is InChI=1S/C17H25N3O5/c1-11(2)16(18)17(23)20-9-14(21)19-8-12-5-4-6-13(7-12)25-10-15(22)24-3/h4-7,11,16H,8-10,18H2,1-3H3,(H,19,21)(H,20,23)/t16-/m0/s1. The molecule has 2 amide bonds. The molecule has 0 spiro atoms. The van der Waals surface area contributed by atoms with Crippen LogP contribution < -0.4 is 21.1 Å². The largest absolute Gasteiger partial charge is 0.482 e. The Morgan fingerprint density at radius 1 is 1.20 bits per heavy atom. The SMILES string of the molecule is COC(=O)COc1cccc(CNC(=O)CNC(=O)[C@@H](N)C(C)C)c1.